The third-order valence-electron chi connectivity index (χ3n) is 2.90. The van der Waals surface area contributed by atoms with E-state index in [1.807, 2.05) is 26.8 Å². The van der Waals surface area contributed by atoms with Gasteiger partial charge >= 0.3 is 6.03 Å². The molecule has 0 aliphatic heterocycles. The van der Waals surface area contributed by atoms with Crippen molar-refractivity contribution in [2.45, 2.75) is 26.8 Å². The minimum Gasteiger partial charge on any atom is -0.466 e. The third-order valence-corrected chi connectivity index (χ3v) is 3.20. The van der Waals surface area contributed by atoms with E-state index in [0.29, 0.717) is 5.69 Å². The fraction of sp³-hybridized carbons (Fsp3) is 0.286. The molecule has 2 N–H and O–H groups in total. The van der Waals surface area contributed by atoms with E-state index in [0.717, 1.165) is 17.1 Å². The first-order chi connectivity index (χ1) is 9.47. The molecule has 1 atom stereocenters. The molecule has 0 fully saturated rings. The van der Waals surface area contributed by atoms with Crippen LogP contribution in [0.3, 0.4) is 0 Å². The fourth-order valence-corrected chi connectivity index (χ4v) is 2.16. The maximum atomic E-state index is 11.9. The fourth-order valence-electron chi connectivity index (χ4n) is 1.99. The number of carbonyl (C=O) groups excluding carboxylic acids is 1. The Bertz CT molecular complexity index is 625. The first-order valence-corrected chi connectivity index (χ1v) is 6.60. The lowest BCUT2D eigenvalue weighted by Crippen LogP contribution is -2.31. The lowest BCUT2D eigenvalue weighted by molar-refractivity contribution is 0.249. The number of furan rings is 1. The second-order valence-electron chi connectivity index (χ2n) is 4.53. The standard InChI is InChI=1S/C14H16ClN3O2/c1-8-7-11(10(3)20-8)9(2)17-14(19)18-12-5-4-6-16-13(12)15/h4-7,9H,1-3H3,(H2,17,18,19). The number of aryl methyl sites for hydroxylation is 2. The third kappa shape index (κ3) is 3.30. The molecule has 0 saturated heterocycles. The number of hydrogen-bond donors (Lipinski definition) is 2. The van der Waals surface area contributed by atoms with Gasteiger partial charge in [0.2, 0.25) is 0 Å². The maximum absolute atomic E-state index is 11.9. The molecular formula is C14H16ClN3O2. The predicted molar refractivity (Wildman–Crippen MR) is 78.0 cm³/mol. The van der Waals surface area contributed by atoms with Crippen LogP contribution < -0.4 is 10.6 Å². The number of urea groups is 1. The number of anilines is 1. The number of halogens is 1. The van der Waals surface area contributed by atoms with Crippen molar-refractivity contribution in [1.82, 2.24) is 10.3 Å². The van der Waals surface area contributed by atoms with Crippen molar-refractivity contribution in [3.05, 3.63) is 46.6 Å². The molecule has 106 valence electrons. The molecule has 6 heteroatoms. The van der Waals surface area contributed by atoms with Gasteiger partial charge in [0.15, 0.2) is 5.15 Å². The highest BCUT2D eigenvalue weighted by Gasteiger charge is 2.15. The molecule has 20 heavy (non-hydrogen) atoms. The van der Waals surface area contributed by atoms with E-state index in [1.54, 1.807) is 18.3 Å². The number of carbonyl (C=O) groups is 1. The number of rotatable bonds is 3. The highest BCUT2D eigenvalue weighted by Crippen LogP contribution is 2.22. The molecule has 2 heterocycles. The molecule has 0 aliphatic rings. The second kappa shape index (κ2) is 5.96. The molecule has 0 spiro atoms. The van der Waals surface area contributed by atoms with Crippen LogP contribution in [0.25, 0.3) is 0 Å². The first-order valence-electron chi connectivity index (χ1n) is 6.22. The molecule has 1 unspecified atom stereocenters. The summed E-state index contributed by atoms with van der Waals surface area (Å²) in [6.07, 6.45) is 1.56. The minimum absolute atomic E-state index is 0.164. The van der Waals surface area contributed by atoms with Crippen molar-refractivity contribution in [2.75, 3.05) is 5.32 Å². The molecule has 0 radical (unpaired) electrons. The Balaban J connectivity index is 2.01. The lowest BCUT2D eigenvalue weighted by atomic mass is 10.1. The molecule has 0 bridgehead atoms. The van der Waals surface area contributed by atoms with Crippen molar-refractivity contribution >= 4 is 23.3 Å². The van der Waals surface area contributed by atoms with Crippen molar-refractivity contribution in [2.24, 2.45) is 0 Å². The summed E-state index contributed by atoms with van der Waals surface area (Å²) >= 11 is 5.88. The Morgan fingerprint density at radius 3 is 2.80 bits per heavy atom. The molecule has 2 amide bonds. The zero-order valence-electron chi connectivity index (χ0n) is 11.5. The molecule has 5 nitrogen and oxygen atoms in total. The van der Waals surface area contributed by atoms with Crippen LogP contribution in [0.2, 0.25) is 5.15 Å². The maximum Gasteiger partial charge on any atom is 0.319 e. The number of nitrogens with one attached hydrogen (secondary N) is 2. The van der Waals surface area contributed by atoms with Crippen LogP contribution in [0, 0.1) is 13.8 Å². The normalized spacial score (nSPS) is 12.0. The van der Waals surface area contributed by atoms with Crippen LogP contribution in [-0.4, -0.2) is 11.0 Å². The van der Waals surface area contributed by atoms with Crippen molar-refractivity contribution in [3.63, 3.8) is 0 Å². The summed E-state index contributed by atoms with van der Waals surface area (Å²) in [5.41, 5.74) is 1.42. The number of amides is 2. The second-order valence-corrected chi connectivity index (χ2v) is 4.89. The average molecular weight is 294 g/mol. The minimum atomic E-state index is -0.342. The van der Waals surface area contributed by atoms with Gasteiger partial charge in [-0.1, -0.05) is 11.6 Å². The van der Waals surface area contributed by atoms with Crippen molar-refractivity contribution in [3.8, 4) is 0 Å². The summed E-state index contributed by atoms with van der Waals surface area (Å²) in [6.45, 7) is 5.64. The Kier molecular flexibility index (Phi) is 4.29. The van der Waals surface area contributed by atoms with Crippen LogP contribution in [-0.2, 0) is 0 Å². The van der Waals surface area contributed by atoms with Crippen LogP contribution in [0.5, 0.6) is 0 Å². The Hall–Kier alpha value is -2.01. The smallest absolute Gasteiger partial charge is 0.319 e. The Morgan fingerprint density at radius 1 is 1.45 bits per heavy atom. The van der Waals surface area contributed by atoms with E-state index in [9.17, 15) is 4.79 Å². The Labute approximate surface area is 122 Å². The average Bonchev–Trinajstić information content (AvgIpc) is 2.71. The van der Waals surface area contributed by atoms with Gasteiger partial charge in [-0.3, -0.25) is 0 Å². The van der Waals surface area contributed by atoms with Gasteiger partial charge in [-0.2, -0.15) is 0 Å². The summed E-state index contributed by atoms with van der Waals surface area (Å²) in [5, 5.41) is 5.75. The van der Waals surface area contributed by atoms with Crippen molar-refractivity contribution in [1.29, 1.82) is 0 Å². The van der Waals surface area contributed by atoms with Crippen molar-refractivity contribution < 1.29 is 9.21 Å². The van der Waals surface area contributed by atoms with E-state index in [4.69, 9.17) is 16.0 Å². The van der Waals surface area contributed by atoms with Crippen LogP contribution in [0.1, 0.15) is 30.0 Å². The van der Waals surface area contributed by atoms with Gasteiger partial charge in [-0.25, -0.2) is 9.78 Å². The highest BCUT2D eigenvalue weighted by molar-refractivity contribution is 6.32. The summed E-state index contributed by atoms with van der Waals surface area (Å²) in [4.78, 5) is 15.8. The van der Waals surface area contributed by atoms with Gasteiger partial charge in [0.05, 0.1) is 11.7 Å². The molecule has 2 rings (SSSR count). The monoisotopic (exact) mass is 293 g/mol. The number of hydrogen-bond acceptors (Lipinski definition) is 3. The van der Waals surface area contributed by atoms with Gasteiger partial charge in [0.25, 0.3) is 0 Å². The van der Waals surface area contributed by atoms with Gasteiger partial charge < -0.3 is 15.1 Å². The van der Waals surface area contributed by atoms with Gasteiger partial charge in [0, 0.05) is 11.8 Å². The molecule has 0 aromatic carbocycles. The summed E-state index contributed by atoms with van der Waals surface area (Å²) in [7, 11) is 0. The SMILES string of the molecule is Cc1cc(C(C)NC(=O)Nc2cccnc2Cl)c(C)o1. The van der Waals surface area contributed by atoms with Crippen LogP contribution in [0.4, 0.5) is 10.5 Å². The van der Waals surface area contributed by atoms with Crippen LogP contribution in [0.15, 0.2) is 28.8 Å². The van der Waals surface area contributed by atoms with E-state index in [-0.39, 0.29) is 17.2 Å². The largest absolute Gasteiger partial charge is 0.466 e. The molecule has 0 saturated carbocycles. The van der Waals surface area contributed by atoms with Gasteiger partial charge in [-0.15, -0.1) is 0 Å². The summed E-state index contributed by atoms with van der Waals surface area (Å²) in [6, 6.07) is 4.80. The molecule has 2 aromatic rings. The van der Waals surface area contributed by atoms with Crippen LogP contribution >= 0.6 is 11.6 Å². The van der Waals surface area contributed by atoms with Gasteiger partial charge in [0.1, 0.15) is 11.5 Å². The first kappa shape index (κ1) is 14.4. The number of nitrogens with zero attached hydrogens (tertiary/aromatic N) is 1. The quantitative estimate of drug-likeness (QED) is 0.845. The van der Waals surface area contributed by atoms with E-state index in [2.05, 4.69) is 15.6 Å². The van der Waals surface area contributed by atoms with E-state index in [1.165, 1.54) is 0 Å². The highest BCUT2D eigenvalue weighted by atomic mass is 35.5. The lowest BCUT2D eigenvalue weighted by Gasteiger charge is -2.14. The topological polar surface area (TPSA) is 67.2 Å². The number of pyridine rings is 1. The molecule has 2 aromatic heterocycles. The predicted octanol–water partition coefficient (Wildman–Crippen LogP) is 3.83. The van der Waals surface area contributed by atoms with E-state index < -0.39 is 0 Å². The summed E-state index contributed by atoms with van der Waals surface area (Å²) < 4.78 is 5.45. The van der Waals surface area contributed by atoms with E-state index >= 15 is 0 Å². The van der Waals surface area contributed by atoms with Gasteiger partial charge in [-0.05, 0) is 39.0 Å². The zero-order chi connectivity index (χ0) is 14.7. The number of aromatic nitrogens is 1. The zero-order valence-corrected chi connectivity index (χ0v) is 12.3. The Morgan fingerprint density at radius 2 is 2.20 bits per heavy atom. The molecule has 0 aliphatic carbocycles. The summed E-state index contributed by atoms with van der Waals surface area (Å²) in [5.74, 6) is 1.62. The molecular weight excluding hydrogens is 278 g/mol.